The number of ether oxygens (including phenoxy) is 1. The highest BCUT2D eigenvalue weighted by Gasteiger charge is 2.20. The minimum atomic E-state index is -0.123. The summed E-state index contributed by atoms with van der Waals surface area (Å²) in [6.45, 7) is 3.91. The van der Waals surface area contributed by atoms with Crippen LogP contribution in [0, 0.1) is 11.3 Å². The predicted octanol–water partition coefficient (Wildman–Crippen LogP) is 5.03. The molecule has 0 aliphatic carbocycles. The van der Waals surface area contributed by atoms with Gasteiger partial charge in [0.15, 0.2) is 5.82 Å². The Bertz CT molecular complexity index is 1370. The topological polar surface area (TPSA) is 112 Å². The van der Waals surface area contributed by atoms with Crippen LogP contribution in [0.1, 0.15) is 25.0 Å². The van der Waals surface area contributed by atoms with Crippen LogP contribution in [0.3, 0.4) is 0 Å². The zero-order valence-corrected chi connectivity index (χ0v) is 18.8. The number of nitrogens with one attached hydrogen (secondary N) is 2. The normalized spacial score (nSPS) is 10.8. The molecule has 0 unspecified atom stereocenters. The van der Waals surface area contributed by atoms with Crippen LogP contribution in [0.15, 0.2) is 60.0 Å². The first-order chi connectivity index (χ1) is 16.1. The maximum absolute atomic E-state index is 11.1. The van der Waals surface area contributed by atoms with E-state index in [4.69, 9.17) is 4.74 Å². The Labute approximate surface area is 194 Å². The number of carbonyl (C=O) groups excluding carboxylic acids is 1. The Morgan fingerprint density at radius 3 is 2.73 bits per heavy atom. The van der Waals surface area contributed by atoms with E-state index in [1.165, 1.54) is 24.6 Å². The summed E-state index contributed by atoms with van der Waals surface area (Å²) in [4.78, 5) is 20.6. The fourth-order valence-corrected chi connectivity index (χ4v) is 4.42. The van der Waals surface area contributed by atoms with E-state index in [2.05, 4.69) is 31.9 Å². The molecule has 0 saturated heterocycles. The van der Waals surface area contributed by atoms with Gasteiger partial charge in [-0.25, -0.2) is 9.97 Å². The third-order valence-electron chi connectivity index (χ3n) is 4.63. The van der Waals surface area contributed by atoms with Crippen molar-refractivity contribution in [3.63, 3.8) is 0 Å². The van der Waals surface area contributed by atoms with Crippen LogP contribution < -0.4 is 15.5 Å². The van der Waals surface area contributed by atoms with Crippen molar-refractivity contribution >= 4 is 45.2 Å². The lowest BCUT2D eigenvalue weighted by atomic mass is 10.1. The van der Waals surface area contributed by atoms with Crippen molar-refractivity contribution in [2.75, 3.05) is 17.3 Å². The minimum absolute atomic E-state index is 0.123. The summed E-state index contributed by atoms with van der Waals surface area (Å²) in [5.41, 5.74) is 6.40. The third kappa shape index (κ3) is 4.81. The molecule has 4 rings (SSSR count). The van der Waals surface area contributed by atoms with Crippen LogP contribution in [-0.4, -0.2) is 28.7 Å². The number of anilines is 2. The molecule has 0 aliphatic heterocycles. The van der Waals surface area contributed by atoms with Crippen molar-refractivity contribution in [1.29, 1.82) is 5.26 Å². The van der Waals surface area contributed by atoms with Gasteiger partial charge >= 0.3 is 0 Å². The third-order valence-corrected chi connectivity index (χ3v) is 5.85. The molecular formula is C24H20N6O2S. The van der Waals surface area contributed by atoms with Gasteiger partial charge in [0, 0.05) is 18.2 Å². The van der Waals surface area contributed by atoms with Crippen LogP contribution in [-0.2, 0) is 4.79 Å². The Morgan fingerprint density at radius 1 is 1.21 bits per heavy atom. The number of para-hydroxylation sites is 1. The van der Waals surface area contributed by atoms with Crippen molar-refractivity contribution in [3.05, 3.63) is 66.0 Å². The molecule has 164 valence electrons. The highest BCUT2D eigenvalue weighted by atomic mass is 32.1. The second kappa shape index (κ2) is 9.89. The molecule has 2 heterocycles. The summed E-state index contributed by atoms with van der Waals surface area (Å²) in [5.74, 6) is 1.10. The fourth-order valence-electron chi connectivity index (χ4n) is 3.24. The molecule has 0 saturated carbocycles. The zero-order valence-electron chi connectivity index (χ0n) is 18.0. The molecule has 2 aromatic heterocycles. The van der Waals surface area contributed by atoms with Gasteiger partial charge in [-0.1, -0.05) is 24.3 Å². The number of thiophene rings is 1. The second-order valence-corrected chi connectivity index (χ2v) is 7.94. The number of nitriles is 1. The first-order valence-corrected chi connectivity index (χ1v) is 11.0. The number of aromatic nitrogens is 2. The van der Waals surface area contributed by atoms with Crippen LogP contribution in [0.25, 0.3) is 20.7 Å². The van der Waals surface area contributed by atoms with Gasteiger partial charge in [0.2, 0.25) is 5.91 Å². The molecule has 0 fully saturated rings. The van der Waals surface area contributed by atoms with Gasteiger partial charge in [0.25, 0.3) is 0 Å². The smallest absolute Gasteiger partial charge is 0.221 e. The van der Waals surface area contributed by atoms with E-state index < -0.39 is 0 Å². The number of rotatable bonds is 7. The van der Waals surface area contributed by atoms with Gasteiger partial charge in [-0.2, -0.15) is 10.4 Å². The summed E-state index contributed by atoms with van der Waals surface area (Å²) < 4.78 is 6.49. The molecule has 1 amide bonds. The molecule has 4 aromatic rings. The van der Waals surface area contributed by atoms with Gasteiger partial charge in [-0.3, -0.25) is 10.2 Å². The van der Waals surface area contributed by atoms with Crippen molar-refractivity contribution in [3.8, 4) is 22.3 Å². The van der Waals surface area contributed by atoms with Crippen molar-refractivity contribution in [2.24, 2.45) is 5.10 Å². The molecule has 0 spiro atoms. The molecular weight excluding hydrogens is 436 g/mol. The fraction of sp³-hybridized carbons (Fsp3) is 0.125. The van der Waals surface area contributed by atoms with Crippen LogP contribution in [0.5, 0.6) is 5.75 Å². The van der Waals surface area contributed by atoms with Crippen molar-refractivity contribution in [1.82, 2.24) is 9.97 Å². The highest BCUT2D eigenvalue weighted by Crippen LogP contribution is 2.43. The maximum atomic E-state index is 11.1. The lowest BCUT2D eigenvalue weighted by molar-refractivity contribution is -0.114. The van der Waals surface area contributed by atoms with E-state index in [1.807, 2.05) is 43.3 Å². The predicted molar refractivity (Wildman–Crippen MR) is 131 cm³/mol. The average Bonchev–Trinajstić information content (AvgIpc) is 3.20. The molecule has 0 radical (unpaired) electrons. The Balaban J connectivity index is 1.64. The van der Waals surface area contributed by atoms with E-state index in [0.717, 1.165) is 20.7 Å². The van der Waals surface area contributed by atoms with Crippen molar-refractivity contribution < 1.29 is 9.53 Å². The SMILES string of the molecule is CCOc1ccccc1-c1sc2c(N/N=C/c3ccc(NC(C)=O)cc3)ncnc2c1C#N. The Morgan fingerprint density at radius 2 is 2.00 bits per heavy atom. The summed E-state index contributed by atoms with van der Waals surface area (Å²) >= 11 is 1.42. The Hall–Kier alpha value is -4.29. The maximum Gasteiger partial charge on any atom is 0.221 e. The van der Waals surface area contributed by atoms with E-state index in [-0.39, 0.29) is 5.91 Å². The number of amides is 1. The molecule has 9 heteroatoms. The largest absolute Gasteiger partial charge is 0.493 e. The number of hydrazone groups is 1. The molecule has 8 nitrogen and oxygen atoms in total. The second-order valence-electron chi connectivity index (χ2n) is 6.92. The monoisotopic (exact) mass is 456 g/mol. The highest BCUT2D eigenvalue weighted by molar-refractivity contribution is 7.23. The van der Waals surface area contributed by atoms with E-state index in [9.17, 15) is 10.1 Å². The minimum Gasteiger partial charge on any atom is -0.493 e. The molecule has 0 aliphatic rings. The van der Waals surface area contributed by atoms with E-state index >= 15 is 0 Å². The van der Waals surface area contributed by atoms with Gasteiger partial charge in [-0.15, -0.1) is 11.3 Å². The number of hydrogen-bond acceptors (Lipinski definition) is 8. The molecule has 2 aromatic carbocycles. The first-order valence-electron chi connectivity index (χ1n) is 10.2. The summed E-state index contributed by atoms with van der Waals surface area (Å²) in [6, 6.07) is 17.2. The lowest BCUT2D eigenvalue weighted by Gasteiger charge is -2.08. The van der Waals surface area contributed by atoms with Crippen LogP contribution >= 0.6 is 11.3 Å². The summed E-state index contributed by atoms with van der Waals surface area (Å²) in [7, 11) is 0. The number of hydrogen-bond donors (Lipinski definition) is 2. The van der Waals surface area contributed by atoms with Gasteiger partial charge < -0.3 is 10.1 Å². The van der Waals surface area contributed by atoms with Gasteiger partial charge in [0.1, 0.15) is 23.7 Å². The van der Waals surface area contributed by atoms with Crippen LogP contribution in [0.2, 0.25) is 0 Å². The first kappa shape index (κ1) is 21.9. The summed E-state index contributed by atoms with van der Waals surface area (Å²) in [5, 5.41) is 16.9. The quantitative estimate of drug-likeness (QED) is 0.298. The number of benzene rings is 2. The van der Waals surface area contributed by atoms with E-state index in [1.54, 1.807) is 18.3 Å². The zero-order chi connectivity index (χ0) is 23.2. The Kier molecular flexibility index (Phi) is 6.57. The van der Waals surface area contributed by atoms with Crippen LogP contribution in [0.4, 0.5) is 11.5 Å². The average molecular weight is 457 g/mol. The summed E-state index contributed by atoms with van der Waals surface area (Å²) in [6.07, 6.45) is 3.06. The number of nitrogens with zero attached hydrogens (tertiary/aromatic N) is 4. The van der Waals surface area contributed by atoms with E-state index in [0.29, 0.717) is 34.9 Å². The molecule has 33 heavy (non-hydrogen) atoms. The number of fused-ring (bicyclic) bond motifs is 1. The lowest BCUT2D eigenvalue weighted by Crippen LogP contribution is -2.05. The molecule has 2 N–H and O–H groups in total. The molecule has 0 bridgehead atoms. The number of carbonyl (C=O) groups is 1. The standard InChI is InChI=1S/C24H20N6O2S/c1-3-32-20-7-5-4-6-18(20)22-19(12-25)21-23(33-22)24(27-14-26-21)30-28-13-16-8-10-17(11-9-16)29-15(2)31/h4-11,13-14H,3H2,1-2H3,(H,29,31)(H,26,27,30)/b28-13+. The molecule has 0 atom stereocenters. The van der Waals surface area contributed by atoms with Crippen molar-refractivity contribution in [2.45, 2.75) is 13.8 Å². The van der Waals surface area contributed by atoms with Gasteiger partial charge in [-0.05, 0) is 36.8 Å². The van der Waals surface area contributed by atoms with Gasteiger partial charge in [0.05, 0.1) is 28.0 Å².